The number of thioether (sulfide) groups is 1. The predicted octanol–water partition coefficient (Wildman–Crippen LogP) is 3.04. The van der Waals surface area contributed by atoms with Crippen molar-refractivity contribution in [3.05, 3.63) is 17.8 Å². The van der Waals surface area contributed by atoms with Crippen molar-refractivity contribution < 1.29 is 9.15 Å². The monoisotopic (exact) mass is 241 g/mol. The number of oxazole rings is 1. The van der Waals surface area contributed by atoms with Gasteiger partial charge in [-0.25, -0.2) is 4.98 Å². The molecular formula is C12H19NO2S. The second-order valence-corrected chi connectivity index (χ2v) is 5.11. The average Bonchev–Trinajstić information content (AvgIpc) is 2.78. The number of aromatic nitrogens is 1. The minimum atomic E-state index is 0.444. The predicted molar refractivity (Wildman–Crippen MR) is 65.6 cm³/mol. The second kappa shape index (κ2) is 6.30. The zero-order valence-electron chi connectivity index (χ0n) is 9.78. The van der Waals surface area contributed by atoms with Gasteiger partial charge in [0.15, 0.2) is 0 Å². The zero-order chi connectivity index (χ0) is 11.2. The first-order valence-corrected chi connectivity index (χ1v) is 7.17. The van der Waals surface area contributed by atoms with Gasteiger partial charge in [0, 0.05) is 18.8 Å². The van der Waals surface area contributed by atoms with E-state index in [1.807, 2.05) is 18.0 Å². The van der Waals surface area contributed by atoms with E-state index in [0.717, 1.165) is 36.2 Å². The average molecular weight is 241 g/mol. The Bertz CT molecular complexity index is 308. The summed E-state index contributed by atoms with van der Waals surface area (Å²) in [6.07, 6.45) is 6.93. The second-order valence-electron chi connectivity index (χ2n) is 4.08. The lowest BCUT2D eigenvalue weighted by Crippen LogP contribution is -2.21. The van der Waals surface area contributed by atoms with Gasteiger partial charge in [0.25, 0.3) is 0 Å². The maximum Gasteiger partial charge on any atom is 0.204 e. The van der Waals surface area contributed by atoms with E-state index in [4.69, 9.17) is 9.15 Å². The Morgan fingerprint density at radius 1 is 1.50 bits per heavy atom. The largest absolute Gasteiger partial charge is 0.445 e. The molecule has 1 fully saturated rings. The molecule has 1 aliphatic rings. The Labute approximate surface area is 101 Å². The van der Waals surface area contributed by atoms with Crippen molar-refractivity contribution >= 4 is 11.8 Å². The van der Waals surface area contributed by atoms with Crippen molar-refractivity contribution in [3.63, 3.8) is 0 Å². The quantitative estimate of drug-likeness (QED) is 0.793. The van der Waals surface area contributed by atoms with Crippen LogP contribution in [0.2, 0.25) is 0 Å². The van der Waals surface area contributed by atoms with Crippen LogP contribution in [0, 0.1) is 0 Å². The SMILES string of the molecule is CCc1cnc(CSCC2CCCCO2)o1. The number of aryl methyl sites for hydroxylation is 1. The van der Waals surface area contributed by atoms with E-state index in [2.05, 4.69) is 11.9 Å². The van der Waals surface area contributed by atoms with Gasteiger partial charge in [-0.1, -0.05) is 6.92 Å². The van der Waals surface area contributed by atoms with Crippen molar-refractivity contribution in [2.75, 3.05) is 12.4 Å². The molecule has 0 bridgehead atoms. The van der Waals surface area contributed by atoms with Gasteiger partial charge in [-0.15, -0.1) is 11.8 Å². The molecule has 0 amide bonds. The van der Waals surface area contributed by atoms with Gasteiger partial charge in [-0.2, -0.15) is 0 Å². The fourth-order valence-corrected chi connectivity index (χ4v) is 2.75. The molecule has 1 atom stereocenters. The molecule has 16 heavy (non-hydrogen) atoms. The first kappa shape index (κ1) is 12.0. The Balaban J connectivity index is 1.66. The van der Waals surface area contributed by atoms with Crippen molar-refractivity contribution in [1.29, 1.82) is 0 Å². The standard InChI is InChI=1S/C12H19NO2S/c1-2-10-7-13-12(15-10)9-16-8-11-5-3-4-6-14-11/h7,11H,2-6,8-9H2,1H3. The van der Waals surface area contributed by atoms with Gasteiger partial charge < -0.3 is 9.15 Å². The topological polar surface area (TPSA) is 35.3 Å². The van der Waals surface area contributed by atoms with E-state index >= 15 is 0 Å². The molecule has 1 aromatic heterocycles. The first-order chi connectivity index (χ1) is 7.88. The normalized spacial score (nSPS) is 21.2. The van der Waals surface area contributed by atoms with Gasteiger partial charge in [-0.05, 0) is 19.3 Å². The van der Waals surface area contributed by atoms with Gasteiger partial charge in [0.2, 0.25) is 5.89 Å². The van der Waals surface area contributed by atoms with E-state index in [0.29, 0.717) is 6.10 Å². The summed E-state index contributed by atoms with van der Waals surface area (Å²) in [5.41, 5.74) is 0. The molecular weight excluding hydrogens is 222 g/mol. The number of rotatable bonds is 5. The van der Waals surface area contributed by atoms with Gasteiger partial charge >= 0.3 is 0 Å². The summed E-state index contributed by atoms with van der Waals surface area (Å²) in [5, 5.41) is 0. The maximum atomic E-state index is 5.67. The Hall–Kier alpha value is -0.480. The van der Waals surface area contributed by atoms with Crippen LogP contribution in [0.1, 0.15) is 37.8 Å². The summed E-state index contributed by atoms with van der Waals surface area (Å²) in [4.78, 5) is 4.24. The van der Waals surface area contributed by atoms with Crippen LogP contribution in [0.4, 0.5) is 0 Å². The molecule has 1 unspecified atom stereocenters. The minimum Gasteiger partial charge on any atom is -0.445 e. The van der Waals surface area contributed by atoms with Crippen LogP contribution in [-0.4, -0.2) is 23.4 Å². The molecule has 3 nitrogen and oxygen atoms in total. The highest BCUT2D eigenvalue weighted by molar-refractivity contribution is 7.98. The van der Waals surface area contributed by atoms with E-state index in [1.54, 1.807) is 0 Å². The van der Waals surface area contributed by atoms with E-state index in [1.165, 1.54) is 19.3 Å². The van der Waals surface area contributed by atoms with Crippen LogP contribution in [0.5, 0.6) is 0 Å². The van der Waals surface area contributed by atoms with Crippen molar-refractivity contribution in [2.24, 2.45) is 0 Å². The molecule has 0 aromatic carbocycles. The third-order valence-electron chi connectivity index (χ3n) is 2.75. The van der Waals surface area contributed by atoms with Crippen LogP contribution in [-0.2, 0) is 16.9 Å². The number of hydrogen-bond acceptors (Lipinski definition) is 4. The molecule has 0 N–H and O–H groups in total. The molecule has 2 rings (SSSR count). The molecule has 0 radical (unpaired) electrons. The lowest BCUT2D eigenvalue weighted by molar-refractivity contribution is 0.0315. The van der Waals surface area contributed by atoms with E-state index < -0.39 is 0 Å². The van der Waals surface area contributed by atoms with Gasteiger partial charge in [0.05, 0.1) is 18.1 Å². The fraction of sp³-hybridized carbons (Fsp3) is 0.750. The summed E-state index contributed by atoms with van der Waals surface area (Å²) >= 11 is 1.86. The molecule has 1 saturated heterocycles. The Morgan fingerprint density at radius 2 is 2.44 bits per heavy atom. The van der Waals surface area contributed by atoms with Crippen LogP contribution in [0.3, 0.4) is 0 Å². The fourth-order valence-electron chi connectivity index (χ4n) is 1.79. The van der Waals surface area contributed by atoms with Crippen LogP contribution in [0.25, 0.3) is 0 Å². The smallest absolute Gasteiger partial charge is 0.204 e. The summed E-state index contributed by atoms with van der Waals surface area (Å²) in [7, 11) is 0. The molecule has 0 saturated carbocycles. The molecule has 2 heterocycles. The Kier molecular flexibility index (Phi) is 4.72. The van der Waals surface area contributed by atoms with Crippen LogP contribution < -0.4 is 0 Å². The first-order valence-electron chi connectivity index (χ1n) is 6.01. The maximum absolute atomic E-state index is 5.67. The van der Waals surface area contributed by atoms with Crippen molar-refractivity contribution in [3.8, 4) is 0 Å². The highest BCUT2D eigenvalue weighted by atomic mass is 32.2. The van der Waals surface area contributed by atoms with Crippen LogP contribution >= 0.6 is 11.8 Å². The molecule has 0 aliphatic carbocycles. The van der Waals surface area contributed by atoms with Crippen molar-refractivity contribution in [1.82, 2.24) is 4.98 Å². The minimum absolute atomic E-state index is 0.444. The summed E-state index contributed by atoms with van der Waals surface area (Å²) in [6, 6.07) is 0. The highest BCUT2D eigenvalue weighted by Gasteiger charge is 2.14. The van der Waals surface area contributed by atoms with Gasteiger partial charge in [-0.3, -0.25) is 0 Å². The van der Waals surface area contributed by atoms with Gasteiger partial charge in [0.1, 0.15) is 5.76 Å². The van der Waals surface area contributed by atoms with Crippen molar-refractivity contribution in [2.45, 2.75) is 44.5 Å². The van der Waals surface area contributed by atoms with E-state index in [-0.39, 0.29) is 0 Å². The lowest BCUT2D eigenvalue weighted by Gasteiger charge is -2.21. The number of nitrogens with zero attached hydrogens (tertiary/aromatic N) is 1. The summed E-state index contributed by atoms with van der Waals surface area (Å²) in [5.74, 6) is 3.74. The Morgan fingerprint density at radius 3 is 3.12 bits per heavy atom. The third-order valence-corrected chi connectivity index (χ3v) is 3.81. The molecule has 90 valence electrons. The summed E-state index contributed by atoms with van der Waals surface area (Å²) in [6.45, 7) is 3.01. The summed E-state index contributed by atoms with van der Waals surface area (Å²) < 4.78 is 11.2. The number of hydrogen-bond donors (Lipinski definition) is 0. The molecule has 1 aliphatic heterocycles. The lowest BCUT2D eigenvalue weighted by atomic mass is 10.1. The third kappa shape index (κ3) is 3.52. The highest BCUT2D eigenvalue weighted by Crippen LogP contribution is 2.20. The molecule has 4 heteroatoms. The molecule has 1 aromatic rings. The van der Waals surface area contributed by atoms with Crippen LogP contribution in [0.15, 0.2) is 10.6 Å². The molecule has 0 spiro atoms. The van der Waals surface area contributed by atoms with E-state index in [9.17, 15) is 0 Å². The number of ether oxygens (including phenoxy) is 1. The zero-order valence-corrected chi connectivity index (χ0v) is 10.6.